The molecule has 2 N–H and O–H groups in total. The molecule has 2 aliphatic heterocycles. The van der Waals surface area contributed by atoms with Gasteiger partial charge in [-0.2, -0.15) is 5.10 Å². The maximum Gasteiger partial charge on any atom is 0.321 e. The van der Waals surface area contributed by atoms with E-state index in [1.165, 1.54) is 4.90 Å². The Labute approximate surface area is 239 Å². The highest BCUT2D eigenvalue weighted by atomic mass is 16.2. The maximum absolute atomic E-state index is 13.4. The summed E-state index contributed by atoms with van der Waals surface area (Å²) in [5.41, 5.74) is 4.91. The fourth-order valence-corrected chi connectivity index (χ4v) is 5.78. The predicted octanol–water partition coefficient (Wildman–Crippen LogP) is 3.57. The number of rotatable bonds is 7. The topological polar surface area (TPSA) is 116 Å². The number of nitrogens with zero attached hydrogens (tertiary/aromatic N) is 6. The van der Waals surface area contributed by atoms with Crippen LogP contribution in [0.5, 0.6) is 0 Å². The van der Waals surface area contributed by atoms with Gasteiger partial charge in [0, 0.05) is 75.6 Å². The molecule has 0 radical (unpaired) electrons. The van der Waals surface area contributed by atoms with Gasteiger partial charge in [-0.1, -0.05) is 12.1 Å². The molecule has 11 nitrogen and oxygen atoms in total. The van der Waals surface area contributed by atoms with Gasteiger partial charge < -0.3 is 25.3 Å². The van der Waals surface area contributed by atoms with Crippen molar-refractivity contribution >= 4 is 35.0 Å². The Bertz CT molecular complexity index is 1480. The summed E-state index contributed by atoms with van der Waals surface area (Å²) in [6.45, 7) is 5.78. The Morgan fingerprint density at radius 2 is 1.90 bits per heavy atom. The van der Waals surface area contributed by atoms with Crippen LogP contribution in [0.2, 0.25) is 0 Å². The summed E-state index contributed by atoms with van der Waals surface area (Å²) in [6, 6.07) is 11.6. The number of hydrogen-bond donors (Lipinski definition) is 2. The molecule has 2 unspecified atom stereocenters. The predicted molar refractivity (Wildman–Crippen MR) is 156 cm³/mol. The van der Waals surface area contributed by atoms with E-state index in [4.69, 9.17) is 10.1 Å². The highest BCUT2D eigenvalue weighted by molar-refractivity contribution is 5.98. The van der Waals surface area contributed by atoms with Crippen molar-refractivity contribution in [1.82, 2.24) is 25.0 Å². The Morgan fingerprint density at radius 1 is 1.12 bits per heavy atom. The van der Waals surface area contributed by atoms with E-state index in [2.05, 4.69) is 29.4 Å². The zero-order valence-corrected chi connectivity index (χ0v) is 23.9. The molecule has 1 aromatic carbocycles. The molecule has 2 atom stereocenters. The van der Waals surface area contributed by atoms with E-state index in [9.17, 15) is 14.4 Å². The second kappa shape index (κ2) is 10.5. The summed E-state index contributed by atoms with van der Waals surface area (Å²) in [4.78, 5) is 47.9. The number of nitrogens with one attached hydrogen (secondary N) is 2. The van der Waals surface area contributed by atoms with Gasteiger partial charge in [-0.05, 0) is 56.0 Å². The lowest BCUT2D eigenvalue weighted by Gasteiger charge is -2.29. The summed E-state index contributed by atoms with van der Waals surface area (Å²) in [6.07, 6.45) is 4.29. The van der Waals surface area contributed by atoms with Crippen molar-refractivity contribution < 1.29 is 14.4 Å². The van der Waals surface area contributed by atoms with Crippen molar-refractivity contribution in [3.05, 3.63) is 65.1 Å². The molecule has 4 heterocycles. The average molecular weight is 557 g/mol. The van der Waals surface area contributed by atoms with Gasteiger partial charge in [-0.3, -0.25) is 14.3 Å². The quantitative estimate of drug-likeness (QED) is 0.460. The summed E-state index contributed by atoms with van der Waals surface area (Å²) >= 11 is 0. The van der Waals surface area contributed by atoms with E-state index in [0.717, 1.165) is 47.7 Å². The number of carbonyl (C=O) groups excluding carboxylic acids is 3. The molecule has 4 amide bonds. The number of aromatic nitrogens is 3. The average Bonchev–Trinajstić information content (AvgIpc) is 3.46. The third-order valence-corrected chi connectivity index (χ3v) is 8.11. The smallest absolute Gasteiger partial charge is 0.321 e. The Morgan fingerprint density at radius 3 is 2.54 bits per heavy atom. The monoisotopic (exact) mass is 556 g/mol. The first kappa shape index (κ1) is 26.8. The molecule has 0 bridgehead atoms. The molecule has 1 saturated heterocycles. The first-order chi connectivity index (χ1) is 19.7. The van der Waals surface area contributed by atoms with Crippen molar-refractivity contribution in [3.63, 3.8) is 0 Å². The lowest BCUT2D eigenvalue weighted by molar-refractivity contribution is -0.117. The van der Waals surface area contributed by atoms with Crippen LogP contribution in [0.25, 0.3) is 0 Å². The number of fused-ring (bicyclic) bond motifs is 2. The second-order valence-electron chi connectivity index (χ2n) is 11.6. The lowest BCUT2D eigenvalue weighted by atomic mass is 10.0. The summed E-state index contributed by atoms with van der Waals surface area (Å²) < 4.78 is 1.96. The van der Waals surface area contributed by atoms with Crippen molar-refractivity contribution in [2.45, 2.75) is 58.3 Å². The van der Waals surface area contributed by atoms with Crippen LogP contribution in [-0.2, 0) is 24.3 Å². The van der Waals surface area contributed by atoms with Gasteiger partial charge in [-0.25, -0.2) is 9.78 Å². The van der Waals surface area contributed by atoms with Gasteiger partial charge in [0.2, 0.25) is 5.91 Å². The number of anilines is 3. The molecule has 41 heavy (non-hydrogen) atoms. The van der Waals surface area contributed by atoms with Crippen LogP contribution >= 0.6 is 0 Å². The first-order valence-corrected chi connectivity index (χ1v) is 14.2. The van der Waals surface area contributed by atoms with Crippen molar-refractivity contribution in [2.75, 3.05) is 35.8 Å². The number of hydrogen-bond acceptors (Lipinski definition) is 6. The molecule has 214 valence electrons. The molecule has 3 aromatic rings. The summed E-state index contributed by atoms with van der Waals surface area (Å²) in [7, 11) is 3.37. The van der Waals surface area contributed by atoms with Crippen molar-refractivity contribution in [1.29, 1.82) is 0 Å². The van der Waals surface area contributed by atoms with Gasteiger partial charge in [0.05, 0.1) is 11.9 Å². The lowest BCUT2D eigenvalue weighted by Crippen LogP contribution is -2.33. The van der Waals surface area contributed by atoms with E-state index in [-0.39, 0.29) is 23.9 Å². The molecule has 1 saturated carbocycles. The number of carbonyl (C=O) groups is 3. The zero-order chi connectivity index (χ0) is 28.8. The molecule has 0 spiro atoms. The Kier molecular flexibility index (Phi) is 6.88. The minimum absolute atomic E-state index is 0.128. The summed E-state index contributed by atoms with van der Waals surface area (Å²) in [5, 5.41) is 10.6. The third kappa shape index (κ3) is 5.23. The van der Waals surface area contributed by atoms with E-state index in [0.29, 0.717) is 42.9 Å². The van der Waals surface area contributed by atoms with Crippen molar-refractivity contribution in [3.8, 4) is 0 Å². The number of pyridine rings is 1. The highest BCUT2D eigenvalue weighted by Gasteiger charge is 2.52. The third-order valence-electron chi connectivity index (χ3n) is 8.11. The van der Waals surface area contributed by atoms with Gasteiger partial charge >= 0.3 is 6.03 Å². The van der Waals surface area contributed by atoms with Crippen LogP contribution in [-0.4, -0.2) is 64.2 Å². The molecule has 2 fully saturated rings. The fraction of sp³-hybridized carbons (Fsp3) is 0.433. The van der Waals surface area contributed by atoms with Crippen molar-refractivity contribution in [2.24, 2.45) is 5.92 Å². The van der Waals surface area contributed by atoms with Gasteiger partial charge in [0.15, 0.2) is 5.69 Å². The van der Waals surface area contributed by atoms with Gasteiger partial charge in [0.25, 0.3) is 5.91 Å². The number of amides is 4. The van der Waals surface area contributed by atoms with Crippen LogP contribution in [0, 0.1) is 5.92 Å². The highest BCUT2D eigenvalue weighted by Crippen LogP contribution is 2.47. The number of benzene rings is 1. The largest absolute Gasteiger partial charge is 0.352 e. The van der Waals surface area contributed by atoms with Crippen LogP contribution < -0.4 is 20.4 Å². The standard InChI is InChI=1S/C30H36N8O3/c1-18(2)38-24-11-12-36(26-10-9-22(16-31-26)37-25-13-20(25)14-27(37)39)17-23(24)28(34-38)29(40)32-15-19-5-7-21(8-6-19)33-30(41)35(3)4/h5-10,16,18,20,25H,11-15,17H2,1-4H3,(H,32,40)(H,33,41). The number of piperidine rings is 1. The van der Waals surface area contributed by atoms with E-state index in [1.54, 1.807) is 20.3 Å². The van der Waals surface area contributed by atoms with Gasteiger partial charge in [-0.15, -0.1) is 0 Å². The molecule has 3 aliphatic rings. The normalized spacial score (nSPS) is 19.2. The minimum atomic E-state index is -0.220. The Balaban J connectivity index is 1.15. The van der Waals surface area contributed by atoms with E-state index >= 15 is 0 Å². The minimum Gasteiger partial charge on any atom is -0.352 e. The van der Waals surface area contributed by atoms with Crippen LogP contribution in [0.15, 0.2) is 42.6 Å². The molecular formula is C30H36N8O3. The summed E-state index contributed by atoms with van der Waals surface area (Å²) in [5.74, 6) is 1.30. The van der Waals surface area contributed by atoms with E-state index in [1.807, 2.05) is 46.0 Å². The van der Waals surface area contributed by atoms with Gasteiger partial charge in [0.1, 0.15) is 5.82 Å². The van der Waals surface area contributed by atoms with Crippen LogP contribution in [0.3, 0.4) is 0 Å². The second-order valence-corrected chi connectivity index (χ2v) is 11.6. The molecule has 11 heteroatoms. The van der Waals surface area contributed by atoms with E-state index < -0.39 is 0 Å². The van der Waals surface area contributed by atoms with Crippen LogP contribution in [0.4, 0.5) is 22.0 Å². The molecular weight excluding hydrogens is 520 g/mol. The molecule has 1 aliphatic carbocycles. The number of urea groups is 1. The Hall–Kier alpha value is -4.41. The van der Waals surface area contributed by atoms with Crippen LogP contribution in [0.1, 0.15) is 60.0 Å². The first-order valence-electron chi connectivity index (χ1n) is 14.2. The molecule has 2 aromatic heterocycles. The SMILES string of the molecule is CC(C)n1nc(C(=O)NCc2ccc(NC(=O)N(C)C)cc2)c2c1CCN(c1ccc(N3C(=O)CC4CC43)cn1)C2. The molecule has 6 rings (SSSR count). The fourth-order valence-electron chi connectivity index (χ4n) is 5.78. The maximum atomic E-state index is 13.4. The zero-order valence-electron chi connectivity index (χ0n) is 23.9.